The van der Waals surface area contributed by atoms with Gasteiger partial charge in [0.1, 0.15) is 5.82 Å². The smallest absolute Gasteiger partial charge is 0.335 e. The molecule has 0 spiro atoms. The maximum Gasteiger partial charge on any atom is 0.335 e. The van der Waals surface area contributed by atoms with Crippen LogP contribution in [0, 0.1) is 12.7 Å². The van der Waals surface area contributed by atoms with E-state index < -0.39 is 17.7 Å². The molecule has 0 saturated heterocycles. The van der Waals surface area contributed by atoms with E-state index in [2.05, 4.69) is 21.2 Å². The molecule has 0 heterocycles. The van der Waals surface area contributed by atoms with E-state index in [0.29, 0.717) is 10.0 Å². The van der Waals surface area contributed by atoms with Crippen LogP contribution in [0.2, 0.25) is 0 Å². The van der Waals surface area contributed by atoms with Gasteiger partial charge in [-0.25, -0.2) is 9.18 Å². The van der Waals surface area contributed by atoms with Crippen molar-refractivity contribution in [2.24, 2.45) is 0 Å². The van der Waals surface area contributed by atoms with Crippen molar-refractivity contribution in [3.63, 3.8) is 0 Å². The first-order valence-corrected chi connectivity index (χ1v) is 6.78. The lowest BCUT2D eigenvalue weighted by molar-refractivity contribution is 0.0696. The van der Waals surface area contributed by atoms with Crippen LogP contribution >= 0.6 is 15.9 Å². The van der Waals surface area contributed by atoms with Gasteiger partial charge in [0.05, 0.1) is 16.8 Å². The molecule has 0 fully saturated rings. The minimum Gasteiger partial charge on any atom is -0.478 e. The van der Waals surface area contributed by atoms with Crippen LogP contribution in [-0.2, 0) is 0 Å². The second kappa shape index (κ2) is 6.05. The Hall–Kier alpha value is -2.21. The van der Waals surface area contributed by atoms with Crippen LogP contribution in [0.5, 0.6) is 0 Å². The fourth-order valence-electron chi connectivity index (χ4n) is 1.74. The molecule has 2 aromatic rings. The highest BCUT2D eigenvalue weighted by molar-refractivity contribution is 9.10. The number of benzene rings is 2. The molecule has 6 heteroatoms. The lowest BCUT2D eigenvalue weighted by Gasteiger charge is -2.09. The minimum atomic E-state index is -1.23. The van der Waals surface area contributed by atoms with Crippen LogP contribution in [0.25, 0.3) is 0 Å². The first-order chi connectivity index (χ1) is 9.88. The number of rotatable bonds is 3. The molecular weight excluding hydrogens is 341 g/mol. The second-order valence-corrected chi connectivity index (χ2v) is 5.29. The van der Waals surface area contributed by atoms with Crippen molar-refractivity contribution >= 4 is 33.5 Å². The van der Waals surface area contributed by atoms with Gasteiger partial charge in [0.25, 0.3) is 5.91 Å². The van der Waals surface area contributed by atoms with Crippen LogP contribution < -0.4 is 5.32 Å². The first kappa shape index (κ1) is 15.2. The molecule has 0 aliphatic heterocycles. The van der Waals surface area contributed by atoms with Crippen molar-refractivity contribution in [2.45, 2.75) is 6.92 Å². The first-order valence-electron chi connectivity index (χ1n) is 5.99. The van der Waals surface area contributed by atoms with E-state index in [1.807, 2.05) is 6.92 Å². The number of carbonyl (C=O) groups excluding carboxylic acids is 1. The second-order valence-electron chi connectivity index (χ2n) is 4.44. The normalized spacial score (nSPS) is 10.2. The van der Waals surface area contributed by atoms with E-state index in [-0.39, 0.29) is 11.3 Å². The zero-order valence-corrected chi connectivity index (χ0v) is 12.6. The Bertz CT molecular complexity index is 731. The Morgan fingerprint density at radius 1 is 1.19 bits per heavy atom. The van der Waals surface area contributed by atoms with E-state index in [9.17, 15) is 14.0 Å². The van der Waals surface area contributed by atoms with Gasteiger partial charge in [-0.3, -0.25) is 4.79 Å². The summed E-state index contributed by atoms with van der Waals surface area (Å²) in [6.07, 6.45) is 0. The molecule has 0 aliphatic rings. The molecule has 21 heavy (non-hydrogen) atoms. The van der Waals surface area contributed by atoms with Gasteiger partial charge in [0.2, 0.25) is 0 Å². The number of carboxylic acids is 1. The Kier molecular flexibility index (Phi) is 4.37. The average molecular weight is 352 g/mol. The number of aryl methyl sites for hydroxylation is 1. The van der Waals surface area contributed by atoms with Crippen molar-refractivity contribution in [3.8, 4) is 0 Å². The predicted molar refractivity (Wildman–Crippen MR) is 80.2 cm³/mol. The van der Waals surface area contributed by atoms with E-state index in [0.717, 1.165) is 11.6 Å². The molecule has 0 aliphatic carbocycles. The Balaban J connectivity index is 2.25. The lowest BCUT2D eigenvalue weighted by Crippen LogP contribution is -2.14. The van der Waals surface area contributed by atoms with Gasteiger partial charge < -0.3 is 10.4 Å². The minimum absolute atomic E-state index is 0.0718. The molecule has 0 radical (unpaired) electrons. The summed E-state index contributed by atoms with van der Waals surface area (Å²) < 4.78 is 14.4. The molecule has 2 aromatic carbocycles. The van der Waals surface area contributed by atoms with Gasteiger partial charge in [-0.15, -0.1) is 0 Å². The summed E-state index contributed by atoms with van der Waals surface area (Å²) in [7, 11) is 0. The van der Waals surface area contributed by atoms with Crippen LogP contribution in [0.1, 0.15) is 26.3 Å². The fraction of sp³-hybridized carbons (Fsp3) is 0.0667. The summed E-state index contributed by atoms with van der Waals surface area (Å²) in [5.74, 6) is -2.51. The van der Waals surface area contributed by atoms with Crippen molar-refractivity contribution in [3.05, 3.63) is 63.4 Å². The van der Waals surface area contributed by atoms with Crippen LogP contribution in [-0.4, -0.2) is 17.0 Å². The lowest BCUT2D eigenvalue weighted by atomic mass is 10.1. The highest BCUT2D eigenvalue weighted by Gasteiger charge is 2.14. The quantitative estimate of drug-likeness (QED) is 0.882. The summed E-state index contributed by atoms with van der Waals surface area (Å²) >= 11 is 3.28. The summed E-state index contributed by atoms with van der Waals surface area (Å²) in [6.45, 7) is 1.89. The largest absolute Gasteiger partial charge is 0.478 e. The van der Waals surface area contributed by atoms with Gasteiger partial charge in [0, 0.05) is 4.47 Å². The molecule has 2 N–H and O–H groups in total. The van der Waals surface area contributed by atoms with E-state index >= 15 is 0 Å². The van der Waals surface area contributed by atoms with Gasteiger partial charge in [-0.2, -0.15) is 0 Å². The zero-order chi connectivity index (χ0) is 15.6. The summed E-state index contributed by atoms with van der Waals surface area (Å²) in [5, 5.41) is 11.2. The highest BCUT2D eigenvalue weighted by atomic mass is 79.9. The molecule has 0 saturated carbocycles. The number of carboxylic acid groups (broad SMARTS) is 1. The topological polar surface area (TPSA) is 66.4 Å². The number of aromatic carboxylic acids is 1. The number of hydrogen-bond donors (Lipinski definition) is 2. The molecule has 0 aromatic heterocycles. The Labute approximate surface area is 128 Å². The van der Waals surface area contributed by atoms with Gasteiger partial charge in [-0.05, 0) is 58.7 Å². The van der Waals surface area contributed by atoms with Crippen LogP contribution in [0.4, 0.5) is 10.1 Å². The van der Waals surface area contributed by atoms with Crippen molar-refractivity contribution < 1.29 is 19.1 Å². The molecule has 2 rings (SSSR count). The SMILES string of the molecule is Cc1ccc(C(=O)Nc2ccc(C(=O)O)cc2F)c(Br)c1. The van der Waals surface area contributed by atoms with Gasteiger partial charge >= 0.3 is 5.97 Å². The maximum absolute atomic E-state index is 13.8. The van der Waals surface area contributed by atoms with Gasteiger partial charge in [0.15, 0.2) is 0 Å². The predicted octanol–water partition coefficient (Wildman–Crippen LogP) is 3.85. The van der Waals surface area contributed by atoms with Crippen LogP contribution in [0.3, 0.4) is 0 Å². The third kappa shape index (κ3) is 3.46. The van der Waals surface area contributed by atoms with E-state index in [1.165, 1.54) is 12.1 Å². The highest BCUT2D eigenvalue weighted by Crippen LogP contribution is 2.21. The third-order valence-corrected chi connectivity index (χ3v) is 3.49. The number of anilines is 1. The van der Waals surface area contributed by atoms with Crippen molar-refractivity contribution in [2.75, 3.05) is 5.32 Å². The molecular formula is C15H11BrFNO3. The molecule has 0 unspecified atom stereocenters. The average Bonchev–Trinajstić information content (AvgIpc) is 2.40. The van der Waals surface area contributed by atoms with Crippen molar-refractivity contribution in [1.29, 1.82) is 0 Å². The van der Waals surface area contributed by atoms with Crippen molar-refractivity contribution in [1.82, 2.24) is 0 Å². The summed E-state index contributed by atoms with van der Waals surface area (Å²) in [5.41, 5.74) is 1.09. The number of carbonyl (C=O) groups is 2. The fourth-order valence-corrected chi connectivity index (χ4v) is 2.42. The summed E-state index contributed by atoms with van der Waals surface area (Å²) in [6, 6.07) is 8.48. The summed E-state index contributed by atoms with van der Waals surface area (Å²) in [4.78, 5) is 22.8. The molecule has 108 valence electrons. The Morgan fingerprint density at radius 2 is 1.90 bits per heavy atom. The molecule has 0 bridgehead atoms. The molecule has 1 amide bonds. The molecule has 4 nitrogen and oxygen atoms in total. The number of hydrogen-bond acceptors (Lipinski definition) is 2. The number of halogens is 2. The standard InChI is InChI=1S/C15H11BrFNO3/c1-8-2-4-10(11(16)6-8)14(19)18-13-5-3-9(15(20)21)7-12(13)17/h2-7H,1H3,(H,18,19)(H,20,21). The third-order valence-electron chi connectivity index (χ3n) is 2.83. The van der Waals surface area contributed by atoms with E-state index in [1.54, 1.807) is 18.2 Å². The Morgan fingerprint density at radius 3 is 2.48 bits per heavy atom. The number of nitrogens with one attached hydrogen (secondary N) is 1. The van der Waals surface area contributed by atoms with E-state index in [4.69, 9.17) is 5.11 Å². The number of amides is 1. The maximum atomic E-state index is 13.8. The molecule has 0 atom stereocenters. The van der Waals surface area contributed by atoms with Crippen LogP contribution in [0.15, 0.2) is 40.9 Å². The monoisotopic (exact) mass is 351 g/mol. The zero-order valence-electron chi connectivity index (χ0n) is 11.0. The van der Waals surface area contributed by atoms with Gasteiger partial charge in [-0.1, -0.05) is 6.07 Å².